The Bertz CT molecular complexity index is 1200. The number of H-pyrrole nitrogens is 1. The number of ether oxygens (including phenoxy) is 2. The third-order valence-electron chi connectivity index (χ3n) is 4.96. The summed E-state index contributed by atoms with van der Waals surface area (Å²) >= 11 is 0. The Labute approximate surface area is 176 Å². The highest BCUT2D eigenvalue weighted by atomic mass is 32.2. The molecule has 30 heavy (non-hydrogen) atoms. The number of rotatable bonds is 8. The third kappa shape index (κ3) is 4.56. The Morgan fingerprint density at radius 1 is 1.03 bits per heavy atom. The van der Waals surface area contributed by atoms with Gasteiger partial charge in [0.05, 0.1) is 24.1 Å². The highest BCUT2D eigenvalue weighted by molar-refractivity contribution is 7.89. The number of aromatic nitrogens is 1. The van der Waals surface area contributed by atoms with Crippen LogP contribution in [0.25, 0.3) is 10.9 Å². The minimum absolute atomic E-state index is 0.0595. The molecule has 1 heterocycles. The van der Waals surface area contributed by atoms with Crippen LogP contribution >= 0.6 is 0 Å². The highest BCUT2D eigenvalue weighted by Crippen LogP contribution is 2.22. The fraction of sp³-hybridized carbons (Fsp3) is 0.318. The lowest BCUT2D eigenvalue weighted by molar-refractivity contribution is 0.177. The smallest absolute Gasteiger partial charge is 0.252 e. The molecule has 0 aliphatic carbocycles. The fourth-order valence-electron chi connectivity index (χ4n) is 3.41. The third-order valence-corrected chi connectivity index (χ3v) is 6.82. The Morgan fingerprint density at radius 3 is 2.37 bits per heavy atom. The first kappa shape index (κ1) is 22.0. The summed E-state index contributed by atoms with van der Waals surface area (Å²) in [6.07, 6.45) is 0. The number of methoxy groups -OCH3 is 2. The lowest BCUT2D eigenvalue weighted by atomic mass is 10.1. The van der Waals surface area contributed by atoms with Crippen LogP contribution in [0.4, 0.5) is 0 Å². The van der Waals surface area contributed by atoms with Gasteiger partial charge in [0.1, 0.15) is 5.75 Å². The van der Waals surface area contributed by atoms with Crippen molar-refractivity contribution >= 4 is 20.9 Å². The summed E-state index contributed by atoms with van der Waals surface area (Å²) < 4.78 is 37.9. The van der Waals surface area contributed by atoms with E-state index in [1.54, 1.807) is 18.2 Å². The Morgan fingerprint density at radius 2 is 1.73 bits per heavy atom. The molecule has 0 amide bonds. The van der Waals surface area contributed by atoms with E-state index in [1.165, 1.54) is 30.7 Å². The fourth-order valence-corrected chi connectivity index (χ4v) is 4.82. The number of benzene rings is 2. The van der Waals surface area contributed by atoms with Gasteiger partial charge in [-0.05, 0) is 61.2 Å². The van der Waals surface area contributed by atoms with Gasteiger partial charge in [-0.2, -0.15) is 4.31 Å². The largest absolute Gasteiger partial charge is 0.497 e. The highest BCUT2D eigenvalue weighted by Gasteiger charge is 2.25. The first-order chi connectivity index (χ1) is 14.3. The van der Waals surface area contributed by atoms with Crippen LogP contribution < -0.4 is 10.3 Å². The predicted molar refractivity (Wildman–Crippen MR) is 117 cm³/mol. The molecule has 3 aromatic rings. The lowest BCUT2D eigenvalue weighted by Crippen LogP contribution is -2.35. The number of aryl methyl sites for hydroxylation is 2. The van der Waals surface area contributed by atoms with E-state index < -0.39 is 10.0 Å². The van der Waals surface area contributed by atoms with E-state index in [2.05, 4.69) is 4.98 Å². The quantitative estimate of drug-likeness (QED) is 0.594. The number of nitrogens with zero attached hydrogens (tertiary/aromatic N) is 1. The number of pyridine rings is 1. The molecule has 3 rings (SSSR count). The molecule has 1 aromatic heterocycles. The summed E-state index contributed by atoms with van der Waals surface area (Å²) in [5.41, 5.74) is 2.87. The van der Waals surface area contributed by atoms with E-state index >= 15 is 0 Å². The van der Waals surface area contributed by atoms with Crippen LogP contribution in [0.5, 0.6) is 5.75 Å². The molecule has 160 valence electrons. The van der Waals surface area contributed by atoms with Gasteiger partial charge in [-0.1, -0.05) is 11.6 Å². The van der Waals surface area contributed by atoms with Crippen LogP contribution in [0.15, 0.2) is 52.2 Å². The molecular formula is C22H26N2O5S. The zero-order chi connectivity index (χ0) is 21.9. The predicted octanol–water partition coefficient (Wildman–Crippen LogP) is 2.99. The summed E-state index contributed by atoms with van der Waals surface area (Å²) in [6.45, 7) is 4.18. The number of nitrogens with one attached hydrogen (secondary N) is 1. The molecule has 0 aliphatic rings. The van der Waals surface area contributed by atoms with Gasteiger partial charge in [0.25, 0.3) is 5.56 Å². The molecule has 1 N–H and O–H groups in total. The van der Waals surface area contributed by atoms with Crippen molar-refractivity contribution < 1.29 is 17.9 Å². The van der Waals surface area contributed by atoms with Crippen LogP contribution in [-0.2, 0) is 21.3 Å². The van der Waals surface area contributed by atoms with Crippen molar-refractivity contribution in [3.05, 3.63) is 69.5 Å². The van der Waals surface area contributed by atoms with Crippen molar-refractivity contribution in [3.8, 4) is 5.75 Å². The summed E-state index contributed by atoms with van der Waals surface area (Å²) in [7, 11) is -0.814. The van der Waals surface area contributed by atoms with Crippen molar-refractivity contribution in [2.75, 3.05) is 27.4 Å². The van der Waals surface area contributed by atoms with E-state index in [1.807, 2.05) is 26.0 Å². The van der Waals surface area contributed by atoms with Gasteiger partial charge < -0.3 is 14.5 Å². The Balaban J connectivity index is 2.02. The molecule has 7 nitrogen and oxygen atoms in total. The van der Waals surface area contributed by atoms with Crippen LogP contribution in [-0.4, -0.2) is 45.1 Å². The molecule has 0 aliphatic heterocycles. The van der Waals surface area contributed by atoms with Gasteiger partial charge in [0, 0.05) is 25.8 Å². The summed E-state index contributed by atoms with van der Waals surface area (Å²) in [4.78, 5) is 15.7. The van der Waals surface area contributed by atoms with E-state index in [-0.39, 0.29) is 30.2 Å². The van der Waals surface area contributed by atoms with E-state index in [0.29, 0.717) is 11.3 Å². The molecule has 8 heteroatoms. The Kier molecular flexibility index (Phi) is 6.60. The van der Waals surface area contributed by atoms with Gasteiger partial charge in [-0.3, -0.25) is 4.79 Å². The van der Waals surface area contributed by atoms with Crippen molar-refractivity contribution in [2.24, 2.45) is 0 Å². The lowest BCUT2D eigenvalue weighted by Gasteiger charge is -2.22. The molecular weight excluding hydrogens is 404 g/mol. The molecule has 0 saturated carbocycles. The van der Waals surface area contributed by atoms with E-state index in [0.717, 1.165) is 22.0 Å². The van der Waals surface area contributed by atoms with Gasteiger partial charge in [-0.25, -0.2) is 8.42 Å². The second-order valence-corrected chi connectivity index (χ2v) is 9.11. The molecule has 0 bridgehead atoms. The van der Waals surface area contributed by atoms with Crippen molar-refractivity contribution in [2.45, 2.75) is 25.3 Å². The molecule has 0 saturated heterocycles. The van der Waals surface area contributed by atoms with Gasteiger partial charge in [0.2, 0.25) is 10.0 Å². The average Bonchev–Trinajstić information content (AvgIpc) is 2.72. The summed E-state index contributed by atoms with van der Waals surface area (Å²) in [5.74, 6) is 0.564. The maximum absolute atomic E-state index is 13.2. The van der Waals surface area contributed by atoms with E-state index in [9.17, 15) is 13.2 Å². The number of aromatic amines is 1. The van der Waals surface area contributed by atoms with Crippen LogP contribution in [0.2, 0.25) is 0 Å². The zero-order valence-corrected chi connectivity index (χ0v) is 18.4. The molecule has 0 radical (unpaired) electrons. The van der Waals surface area contributed by atoms with Crippen molar-refractivity contribution in [1.82, 2.24) is 9.29 Å². The topological polar surface area (TPSA) is 88.7 Å². The average molecular weight is 431 g/mol. The Hall–Kier alpha value is -2.68. The molecule has 0 unspecified atom stereocenters. The minimum Gasteiger partial charge on any atom is -0.497 e. The number of hydrogen-bond donors (Lipinski definition) is 1. The van der Waals surface area contributed by atoms with E-state index in [4.69, 9.17) is 9.47 Å². The van der Waals surface area contributed by atoms with Crippen LogP contribution in [0, 0.1) is 13.8 Å². The molecule has 0 atom stereocenters. The van der Waals surface area contributed by atoms with Gasteiger partial charge in [0.15, 0.2) is 0 Å². The number of sulfonamides is 1. The van der Waals surface area contributed by atoms with Gasteiger partial charge in [-0.15, -0.1) is 0 Å². The van der Waals surface area contributed by atoms with Crippen molar-refractivity contribution in [1.29, 1.82) is 0 Å². The zero-order valence-electron chi connectivity index (χ0n) is 17.6. The van der Waals surface area contributed by atoms with Crippen molar-refractivity contribution in [3.63, 3.8) is 0 Å². The molecule has 0 fully saturated rings. The normalized spacial score (nSPS) is 11.9. The second-order valence-electron chi connectivity index (χ2n) is 7.18. The second kappa shape index (κ2) is 8.99. The van der Waals surface area contributed by atoms with Crippen LogP contribution in [0.3, 0.4) is 0 Å². The van der Waals surface area contributed by atoms with Gasteiger partial charge >= 0.3 is 0 Å². The van der Waals surface area contributed by atoms with Crippen LogP contribution in [0.1, 0.15) is 16.7 Å². The molecule has 2 aromatic carbocycles. The first-order valence-electron chi connectivity index (χ1n) is 9.52. The maximum atomic E-state index is 13.2. The summed E-state index contributed by atoms with van der Waals surface area (Å²) in [5, 5.41) is 0.871. The summed E-state index contributed by atoms with van der Waals surface area (Å²) in [6, 6.07) is 11.9. The first-order valence-corrected chi connectivity index (χ1v) is 11.0. The monoisotopic (exact) mass is 430 g/mol. The standard InChI is InChI=1S/C22H26N2O5S/c1-15-11-16(2)21-17(12-15)13-18(22(25)23-21)14-24(9-10-28-3)30(26,27)20-7-5-19(29-4)6-8-20/h5-8,11-13H,9-10,14H2,1-4H3,(H,23,25). The SMILES string of the molecule is COCCN(Cc1cc2cc(C)cc(C)c2[nH]c1=O)S(=O)(=O)c1ccc(OC)cc1. The maximum Gasteiger partial charge on any atom is 0.252 e. The minimum atomic E-state index is -3.84. The number of hydrogen-bond acceptors (Lipinski definition) is 5. The number of fused-ring (bicyclic) bond motifs is 1. The molecule has 0 spiro atoms.